The SMILES string of the molecule is CC(=O)N1CCCC(Cn2c(-c3cnn(C)n3)csc2=Nc2cccc(C)c2)C1. The molecule has 29 heavy (non-hydrogen) atoms. The van der Waals surface area contributed by atoms with Gasteiger partial charge in [-0.2, -0.15) is 15.0 Å². The van der Waals surface area contributed by atoms with Crippen molar-refractivity contribution >= 4 is 22.9 Å². The molecule has 1 aromatic carbocycles. The van der Waals surface area contributed by atoms with Crippen molar-refractivity contribution in [3.8, 4) is 11.4 Å². The van der Waals surface area contributed by atoms with Gasteiger partial charge in [0.1, 0.15) is 5.69 Å². The molecule has 0 spiro atoms. The van der Waals surface area contributed by atoms with Gasteiger partial charge < -0.3 is 9.47 Å². The van der Waals surface area contributed by atoms with Crippen molar-refractivity contribution in [1.29, 1.82) is 0 Å². The minimum absolute atomic E-state index is 0.156. The smallest absolute Gasteiger partial charge is 0.219 e. The number of piperidine rings is 1. The monoisotopic (exact) mass is 410 g/mol. The van der Waals surface area contributed by atoms with Crippen molar-refractivity contribution in [2.75, 3.05) is 13.1 Å². The standard InChI is InChI=1S/C21H26N6OS/c1-15-6-4-8-18(10-15)23-21-27(13-17-7-5-9-26(12-17)16(2)28)20(14-29-21)19-11-22-25(3)24-19/h4,6,8,10-11,14,17H,5,7,9,12-13H2,1-3H3. The summed E-state index contributed by atoms with van der Waals surface area (Å²) in [6, 6.07) is 8.22. The number of carbonyl (C=O) groups is 1. The molecule has 1 aliphatic rings. The van der Waals surface area contributed by atoms with Gasteiger partial charge in [0.15, 0.2) is 4.80 Å². The van der Waals surface area contributed by atoms with Crippen LogP contribution >= 0.6 is 11.3 Å². The van der Waals surface area contributed by atoms with Crippen molar-refractivity contribution in [2.45, 2.75) is 33.2 Å². The number of benzene rings is 1. The first kappa shape index (κ1) is 19.6. The van der Waals surface area contributed by atoms with Crippen molar-refractivity contribution in [2.24, 2.45) is 18.0 Å². The molecule has 3 aromatic rings. The quantitative estimate of drug-likeness (QED) is 0.664. The van der Waals surface area contributed by atoms with Crippen molar-refractivity contribution in [3.05, 3.63) is 46.2 Å². The highest BCUT2D eigenvalue weighted by molar-refractivity contribution is 7.07. The van der Waals surface area contributed by atoms with Gasteiger partial charge in [-0.05, 0) is 43.4 Å². The lowest BCUT2D eigenvalue weighted by molar-refractivity contribution is -0.130. The Kier molecular flexibility index (Phi) is 5.62. The Labute approximate surface area is 174 Å². The Hall–Kier alpha value is -2.74. The lowest BCUT2D eigenvalue weighted by atomic mass is 9.98. The average Bonchev–Trinajstić information content (AvgIpc) is 3.28. The van der Waals surface area contributed by atoms with E-state index in [4.69, 9.17) is 4.99 Å². The molecule has 1 atom stereocenters. The summed E-state index contributed by atoms with van der Waals surface area (Å²) in [5.41, 5.74) is 4.00. The van der Waals surface area contributed by atoms with Crippen molar-refractivity contribution in [3.63, 3.8) is 0 Å². The van der Waals surface area contributed by atoms with E-state index in [1.54, 1.807) is 29.3 Å². The summed E-state index contributed by atoms with van der Waals surface area (Å²) in [6.07, 6.45) is 3.94. The third-order valence-electron chi connectivity index (χ3n) is 5.29. The van der Waals surface area contributed by atoms with Gasteiger partial charge in [-0.25, -0.2) is 4.99 Å². The van der Waals surface area contributed by atoms with Crippen LogP contribution in [0, 0.1) is 12.8 Å². The van der Waals surface area contributed by atoms with E-state index < -0.39 is 0 Å². The minimum atomic E-state index is 0.156. The van der Waals surface area contributed by atoms with Crippen molar-refractivity contribution in [1.82, 2.24) is 24.5 Å². The van der Waals surface area contributed by atoms with Crippen LogP contribution in [0.3, 0.4) is 0 Å². The number of likely N-dealkylation sites (tertiary alicyclic amines) is 1. The molecule has 1 unspecified atom stereocenters. The van der Waals surface area contributed by atoms with Crippen LogP contribution in [-0.4, -0.2) is 43.5 Å². The van der Waals surface area contributed by atoms with E-state index in [2.05, 4.69) is 39.2 Å². The summed E-state index contributed by atoms with van der Waals surface area (Å²) in [7, 11) is 1.82. The number of rotatable bonds is 4. The van der Waals surface area contributed by atoms with E-state index in [1.807, 2.05) is 24.1 Å². The molecule has 1 saturated heterocycles. The molecule has 0 bridgehead atoms. The van der Waals surface area contributed by atoms with Gasteiger partial charge in [0.2, 0.25) is 5.91 Å². The first-order valence-electron chi connectivity index (χ1n) is 9.91. The van der Waals surface area contributed by atoms with Gasteiger partial charge >= 0.3 is 0 Å². The first-order chi connectivity index (χ1) is 14.0. The van der Waals surface area contributed by atoms with Crippen LogP contribution in [-0.2, 0) is 18.4 Å². The van der Waals surface area contributed by atoms with Crippen molar-refractivity contribution < 1.29 is 4.79 Å². The molecule has 8 heteroatoms. The Morgan fingerprint density at radius 3 is 2.97 bits per heavy atom. The molecular weight excluding hydrogens is 384 g/mol. The predicted octanol–water partition coefficient (Wildman–Crippen LogP) is 3.14. The van der Waals surface area contributed by atoms with Gasteiger partial charge in [-0.15, -0.1) is 11.3 Å². The zero-order valence-corrected chi connectivity index (χ0v) is 17.9. The molecule has 0 N–H and O–H groups in total. The Bertz CT molecular complexity index is 1080. The molecule has 7 nitrogen and oxygen atoms in total. The largest absolute Gasteiger partial charge is 0.343 e. The topological polar surface area (TPSA) is 68.3 Å². The van der Waals surface area contributed by atoms with E-state index >= 15 is 0 Å². The maximum atomic E-state index is 11.9. The normalized spacial score (nSPS) is 17.7. The third kappa shape index (κ3) is 4.48. The summed E-state index contributed by atoms with van der Waals surface area (Å²) < 4.78 is 2.24. The molecule has 2 aromatic heterocycles. The molecule has 1 aliphatic heterocycles. The maximum Gasteiger partial charge on any atom is 0.219 e. The number of hydrogen-bond acceptors (Lipinski definition) is 5. The number of carbonyl (C=O) groups excluding carboxylic acids is 1. The number of hydrogen-bond donors (Lipinski definition) is 0. The zero-order chi connectivity index (χ0) is 20.4. The number of thiazole rings is 1. The third-order valence-corrected chi connectivity index (χ3v) is 6.15. The fourth-order valence-electron chi connectivity index (χ4n) is 3.83. The van der Waals surface area contributed by atoms with E-state index in [1.165, 1.54) is 5.56 Å². The lowest BCUT2D eigenvalue weighted by Crippen LogP contribution is -2.40. The van der Waals surface area contributed by atoms with Crippen LogP contribution < -0.4 is 4.80 Å². The number of aryl methyl sites for hydroxylation is 2. The van der Waals surface area contributed by atoms with Crippen LogP contribution in [0.1, 0.15) is 25.3 Å². The molecule has 1 amide bonds. The van der Waals surface area contributed by atoms with E-state index in [0.717, 1.165) is 54.4 Å². The minimum Gasteiger partial charge on any atom is -0.343 e. The average molecular weight is 411 g/mol. The van der Waals surface area contributed by atoms with Gasteiger partial charge in [0, 0.05) is 39.0 Å². The fourth-order valence-corrected chi connectivity index (χ4v) is 4.75. The molecule has 3 heterocycles. The molecule has 0 saturated carbocycles. The first-order valence-corrected chi connectivity index (χ1v) is 10.8. The Morgan fingerprint density at radius 2 is 2.24 bits per heavy atom. The zero-order valence-electron chi connectivity index (χ0n) is 17.1. The van der Waals surface area contributed by atoms with Gasteiger partial charge in [-0.1, -0.05) is 12.1 Å². The molecule has 152 valence electrons. The number of nitrogens with zero attached hydrogens (tertiary/aromatic N) is 6. The van der Waals surface area contributed by atoms with E-state index in [9.17, 15) is 4.79 Å². The molecule has 4 rings (SSSR count). The van der Waals surface area contributed by atoms with Crippen LogP contribution in [0.2, 0.25) is 0 Å². The molecule has 1 fully saturated rings. The highest BCUT2D eigenvalue weighted by Gasteiger charge is 2.23. The molecule has 0 radical (unpaired) electrons. The Balaban J connectivity index is 1.73. The van der Waals surface area contributed by atoms with E-state index in [-0.39, 0.29) is 5.91 Å². The summed E-state index contributed by atoms with van der Waals surface area (Å²) in [6.45, 7) is 6.19. The van der Waals surface area contributed by atoms with Crippen LogP contribution in [0.25, 0.3) is 11.4 Å². The molecule has 0 aliphatic carbocycles. The number of aromatic nitrogens is 4. The predicted molar refractivity (Wildman–Crippen MR) is 114 cm³/mol. The summed E-state index contributed by atoms with van der Waals surface area (Å²) in [5.74, 6) is 0.554. The van der Waals surface area contributed by atoms with Gasteiger partial charge in [0.05, 0.1) is 17.6 Å². The highest BCUT2D eigenvalue weighted by atomic mass is 32.1. The van der Waals surface area contributed by atoms with Crippen LogP contribution in [0.4, 0.5) is 5.69 Å². The van der Waals surface area contributed by atoms with E-state index in [0.29, 0.717) is 5.92 Å². The second-order valence-electron chi connectivity index (χ2n) is 7.66. The highest BCUT2D eigenvalue weighted by Crippen LogP contribution is 2.23. The van der Waals surface area contributed by atoms with Gasteiger partial charge in [0.25, 0.3) is 0 Å². The second kappa shape index (κ2) is 8.32. The van der Waals surface area contributed by atoms with Crippen LogP contribution in [0.15, 0.2) is 40.8 Å². The lowest BCUT2D eigenvalue weighted by Gasteiger charge is -2.32. The maximum absolute atomic E-state index is 11.9. The van der Waals surface area contributed by atoms with Gasteiger partial charge in [-0.3, -0.25) is 4.79 Å². The van der Waals surface area contributed by atoms with Crippen LogP contribution in [0.5, 0.6) is 0 Å². The Morgan fingerprint density at radius 1 is 1.38 bits per heavy atom. The second-order valence-corrected chi connectivity index (χ2v) is 8.49. The summed E-state index contributed by atoms with van der Waals surface area (Å²) in [4.78, 5) is 21.3. The number of amides is 1. The molecular formula is C21H26N6OS. The summed E-state index contributed by atoms with van der Waals surface area (Å²) >= 11 is 1.62. The summed E-state index contributed by atoms with van der Waals surface area (Å²) in [5, 5.41) is 10.8. The fraction of sp³-hybridized carbons (Fsp3) is 0.429.